The second-order valence-electron chi connectivity index (χ2n) is 9.17. The van der Waals surface area contributed by atoms with Crippen molar-refractivity contribution in [3.05, 3.63) is 67.5 Å². The van der Waals surface area contributed by atoms with Gasteiger partial charge in [-0.3, -0.25) is 9.78 Å². The topological polar surface area (TPSA) is 117 Å². The number of hydrogen-bond donors (Lipinski definition) is 3. The Labute approximate surface area is 221 Å². The fourth-order valence-electron chi connectivity index (χ4n) is 4.42. The Bertz CT molecular complexity index is 1470. The van der Waals surface area contributed by atoms with Crippen LogP contribution in [-0.4, -0.2) is 64.0 Å². The van der Waals surface area contributed by atoms with Crippen LogP contribution in [0.1, 0.15) is 12.8 Å². The normalized spacial score (nSPS) is 14.2. The molecule has 1 aliphatic heterocycles. The second kappa shape index (κ2) is 11.2. The number of anilines is 4. The van der Waals surface area contributed by atoms with Crippen molar-refractivity contribution in [3.8, 4) is 17.1 Å². The van der Waals surface area contributed by atoms with E-state index in [9.17, 15) is 4.79 Å². The predicted molar refractivity (Wildman–Crippen MR) is 150 cm³/mol. The van der Waals surface area contributed by atoms with E-state index in [-0.39, 0.29) is 5.91 Å². The molecule has 0 atom stereocenters. The number of carbonyl (C=O) groups excluding carboxylic acids is 1. The Morgan fingerprint density at radius 3 is 2.76 bits per heavy atom. The third kappa shape index (κ3) is 5.70. The number of rotatable bonds is 8. The lowest BCUT2D eigenvalue weighted by atomic mass is 10.1. The molecule has 194 valence electrons. The summed E-state index contributed by atoms with van der Waals surface area (Å²) in [6.45, 7) is 5.64. The van der Waals surface area contributed by atoms with Crippen LogP contribution in [0.25, 0.3) is 22.2 Å². The molecule has 0 unspecified atom stereocenters. The van der Waals surface area contributed by atoms with Crippen molar-refractivity contribution in [1.29, 1.82) is 0 Å². The van der Waals surface area contributed by atoms with Gasteiger partial charge in [-0.1, -0.05) is 18.7 Å². The Hall–Kier alpha value is -4.57. The van der Waals surface area contributed by atoms with Gasteiger partial charge < -0.3 is 25.6 Å². The van der Waals surface area contributed by atoms with Crippen molar-refractivity contribution in [2.45, 2.75) is 18.9 Å². The van der Waals surface area contributed by atoms with Gasteiger partial charge in [-0.05, 0) is 69.4 Å². The molecule has 3 aromatic heterocycles. The minimum Gasteiger partial charge on any atom is -0.479 e. The minimum absolute atomic E-state index is 0.281. The molecule has 10 nitrogen and oxygen atoms in total. The number of pyridine rings is 2. The van der Waals surface area contributed by atoms with Gasteiger partial charge in [0.15, 0.2) is 0 Å². The quantitative estimate of drug-likeness (QED) is 0.295. The van der Waals surface area contributed by atoms with Crippen molar-refractivity contribution in [1.82, 2.24) is 24.8 Å². The van der Waals surface area contributed by atoms with Crippen LogP contribution in [0.5, 0.6) is 5.88 Å². The molecule has 1 aromatic carbocycles. The van der Waals surface area contributed by atoms with Gasteiger partial charge >= 0.3 is 0 Å². The highest BCUT2D eigenvalue weighted by molar-refractivity contribution is 5.99. The molecule has 38 heavy (non-hydrogen) atoms. The highest BCUT2D eigenvalue weighted by Gasteiger charge is 2.18. The van der Waals surface area contributed by atoms with Crippen LogP contribution in [0.4, 0.5) is 23.1 Å². The summed E-state index contributed by atoms with van der Waals surface area (Å²) in [7, 11) is 3.74. The zero-order valence-corrected chi connectivity index (χ0v) is 21.4. The van der Waals surface area contributed by atoms with E-state index in [0.717, 1.165) is 42.7 Å². The molecule has 0 bridgehead atoms. The first-order chi connectivity index (χ1) is 18.5. The molecular weight excluding hydrogens is 480 g/mol. The number of hydrogen-bond acceptors (Lipinski definition) is 9. The van der Waals surface area contributed by atoms with Gasteiger partial charge in [-0.15, -0.1) is 0 Å². The third-order valence-corrected chi connectivity index (χ3v) is 6.46. The van der Waals surface area contributed by atoms with E-state index < -0.39 is 0 Å². The Morgan fingerprint density at radius 1 is 1.13 bits per heavy atom. The summed E-state index contributed by atoms with van der Waals surface area (Å²) in [6.07, 6.45) is 6.84. The number of likely N-dealkylation sites (tertiary alicyclic amines) is 1. The maximum atomic E-state index is 11.7. The monoisotopic (exact) mass is 510 g/mol. The molecule has 1 saturated heterocycles. The van der Waals surface area contributed by atoms with Gasteiger partial charge in [-0.25, -0.2) is 9.97 Å². The van der Waals surface area contributed by atoms with E-state index >= 15 is 0 Å². The van der Waals surface area contributed by atoms with Crippen molar-refractivity contribution >= 4 is 40.0 Å². The number of aromatic nitrogens is 4. The maximum absolute atomic E-state index is 11.7. The molecule has 1 amide bonds. The average molecular weight is 511 g/mol. The summed E-state index contributed by atoms with van der Waals surface area (Å²) in [5.74, 6) is 1.33. The predicted octanol–water partition coefficient (Wildman–Crippen LogP) is 4.47. The lowest BCUT2D eigenvalue weighted by Gasteiger charge is -2.29. The maximum Gasteiger partial charge on any atom is 0.247 e. The summed E-state index contributed by atoms with van der Waals surface area (Å²) in [5.41, 5.74) is 3.45. The van der Waals surface area contributed by atoms with E-state index in [4.69, 9.17) is 9.72 Å². The first-order valence-corrected chi connectivity index (χ1v) is 12.4. The summed E-state index contributed by atoms with van der Waals surface area (Å²) in [6, 6.07) is 13.5. The van der Waals surface area contributed by atoms with Gasteiger partial charge in [0.1, 0.15) is 17.0 Å². The van der Waals surface area contributed by atoms with E-state index in [0.29, 0.717) is 40.5 Å². The van der Waals surface area contributed by atoms with E-state index in [1.54, 1.807) is 19.5 Å². The lowest BCUT2D eigenvalue weighted by Crippen LogP contribution is -2.36. The SMILES string of the molecule is C=CC(=O)Nc1cccc(-c2nccc3cnc(Nc4ccc(NC5CCN(C)CC5)nc4OC)nc23)c1. The van der Waals surface area contributed by atoms with Crippen LogP contribution >= 0.6 is 0 Å². The van der Waals surface area contributed by atoms with Gasteiger partial charge in [0.05, 0.1) is 12.8 Å². The molecule has 4 aromatic rings. The Kier molecular flexibility index (Phi) is 7.41. The van der Waals surface area contributed by atoms with Gasteiger partial charge in [-0.2, -0.15) is 4.98 Å². The van der Waals surface area contributed by atoms with Crippen molar-refractivity contribution in [2.75, 3.05) is 43.2 Å². The molecule has 4 heterocycles. The van der Waals surface area contributed by atoms with Crippen molar-refractivity contribution in [2.24, 2.45) is 0 Å². The molecular formula is C28H30N8O2. The van der Waals surface area contributed by atoms with Crippen LogP contribution in [0, 0.1) is 0 Å². The molecule has 3 N–H and O–H groups in total. The molecule has 1 aliphatic rings. The highest BCUT2D eigenvalue weighted by Crippen LogP contribution is 2.30. The molecule has 0 spiro atoms. The van der Waals surface area contributed by atoms with Gasteiger partial charge in [0, 0.05) is 35.1 Å². The fourth-order valence-corrected chi connectivity index (χ4v) is 4.42. The number of ether oxygens (including phenoxy) is 1. The first-order valence-electron chi connectivity index (χ1n) is 12.4. The summed E-state index contributed by atoms with van der Waals surface area (Å²) in [5, 5.41) is 10.4. The van der Waals surface area contributed by atoms with Crippen molar-refractivity contribution < 1.29 is 9.53 Å². The molecule has 1 fully saturated rings. The van der Waals surface area contributed by atoms with Crippen molar-refractivity contribution in [3.63, 3.8) is 0 Å². The molecule has 0 saturated carbocycles. The molecule has 0 aliphatic carbocycles. The standard InChI is InChI=1S/C28H30N8O2/c1-4-24(37)32-21-7-5-6-18(16-21)25-26-19(10-13-29-25)17-30-28(35-26)33-22-8-9-23(34-27(22)38-3)31-20-11-14-36(2)15-12-20/h4-10,13,16-17,20H,1,11-12,14-15H2,2-3H3,(H,31,34)(H,32,37)(H,30,33,35). The number of carbonyl (C=O) groups is 1. The van der Waals surface area contributed by atoms with Crippen LogP contribution in [0.15, 0.2) is 67.5 Å². The molecule has 0 radical (unpaired) electrons. The number of fused-ring (bicyclic) bond motifs is 1. The number of piperidine rings is 1. The van der Waals surface area contributed by atoms with Crippen LogP contribution in [0.3, 0.4) is 0 Å². The Morgan fingerprint density at radius 2 is 1.97 bits per heavy atom. The van der Waals surface area contributed by atoms with E-state index in [1.165, 1.54) is 6.08 Å². The number of benzene rings is 1. The third-order valence-electron chi connectivity index (χ3n) is 6.46. The number of nitrogens with one attached hydrogen (secondary N) is 3. The Balaban J connectivity index is 1.40. The van der Waals surface area contributed by atoms with Crippen LogP contribution in [-0.2, 0) is 4.79 Å². The zero-order chi connectivity index (χ0) is 26.5. The lowest BCUT2D eigenvalue weighted by molar-refractivity contribution is -0.111. The van der Waals surface area contributed by atoms with Crippen LogP contribution < -0.4 is 20.7 Å². The highest BCUT2D eigenvalue weighted by atomic mass is 16.5. The average Bonchev–Trinajstić information content (AvgIpc) is 2.94. The van der Waals surface area contributed by atoms with E-state index in [2.05, 4.69) is 49.4 Å². The summed E-state index contributed by atoms with van der Waals surface area (Å²) < 4.78 is 5.57. The molecule has 10 heteroatoms. The van der Waals surface area contributed by atoms with Crippen LogP contribution in [0.2, 0.25) is 0 Å². The van der Waals surface area contributed by atoms with E-state index in [1.807, 2.05) is 42.5 Å². The first kappa shape index (κ1) is 25.1. The number of methoxy groups -OCH3 is 1. The molecule has 5 rings (SSSR count). The zero-order valence-electron chi connectivity index (χ0n) is 21.4. The largest absolute Gasteiger partial charge is 0.479 e. The second-order valence-corrected chi connectivity index (χ2v) is 9.17. The summed E-state index contributed by atoms with van der Waals surface area (Å²) in [4.78, 5) is 32.5. The van der Waals surface area contributed by atoms with Gasteiger partial charge in [0.2, 0.25) is 17.7 Å². The minimum atomic E-state index is -0.281. The summed E-state index contributed by atoms with van der Waals surface area (Å²) >= 11 is 0. The smallest absolute Gasteiger partial charge is 0.247 e. The number of nitrogens with zero attached hydrogens (tertiary/aromatic N) is 5. The fraction of sp³-hybridized carbons (Fsp3) is 0.250. The number of amides is 1. The van der Waals surface area contributed by atoms with Gasteiger partial charge in [0.25, 0.3) is 0 Å².